The Labute approximate surface area is 263 Å². The molecule has 0 bridgehead atoms. The second-order valence-corrected chi connectivity index (χ2v) is 12.6. The summed E-state index contributed by atoms with van der Waals surface area (Å²) in [5.41, 5.74) is 9.75. The van der Waals surface area contributed by atoms with Crippen LogP contribution in [-0.4, -0.2) is 4.98 Å². The maximum Gasteiger partial charge on any atom is 0.137 e. The zero-order valence-corrected chi connectivity index (χ0v) is 24.9. The van der Waals surface area contributed by atoms with Gasteiger partial charge in [-0.2, -0.15) is 0 Å². The molecule has 10 rings (SSSR count). The molecule has 2 aromatic heterocycles. The predicted molar refractivity (Wildman–Crippen MR) is 189 cm³/mol. The van der Waals surface area contributed by atoms with Gasteiger partial charge in [0.2, 0.25) is 0 Å². The summed E-state index contributed by atoms with van der Waals surface area (Å²) in [6.07, 6.45) is 0. The largest absolute Gasteiger partial charge is 0.456 e. The molecule has 2 heterocycles. The first-order chi connectivity index (χ1) is 22.3. The number of aromatic nitrogens is 1. The van der Waals surface area contributed by atoms with Crippen molar-refractivity contribution in [1.82, 2.24) is 4.98 Å². The van der Waals surface area contributed by atoms with Crippen molar-refractivity contribution in [2.24, 2.45) is 0 Å². The number of anilines is 3. The molecule has 7 aromatic carbocycles. The van der Waals surface area contributed by atoms with Crippen LogP contribution in [-0.2, 0) is 0 Å². The van der Waals surface area contributed by atoms with Gasteiger partial charge >= 0.3 is 0 Å². The first-order valence-electron chi connectivity index (χ1n) is 15.1. The molecule has 4 heteroatoms. The Kier molecular flexibility index (Phi) is 5.16. The molecule has 1 aliphatic carbocycles. The Morgan fingerprint density at radius 1 is 0.511 bits per heavy atom. The molecular formula is C41H24N2OS. The quantitative estimate of drug-likeness (QED) is 0.190. The van der Waals surface area contributed by atoms with Gasteiger partial charge in [0.1, 0.15) is 16.2 Å². The predicted octanol–water partition coefficient (Wildman–Crippen LogP) is 12.1. The molecule has 0 saturated heterocycles. The third-order valence-corrected chi connectivity index (χ3v) is 10.2. The third kappa shape index (κ3) is 3.67. The Bertz CT molecular complexity index is 2600. The molecule has 0 fully saturated rings. The van der Waals surface area contributed by atoms with Crippen molar-refractivity contribution in [3.63, 3.8) is 0 Å². The lowest BCUT2D eigenvalue weighted by atomic mass is 9.97. The van der Waals surface area contributed by atoms with Gasteiger partial charge in [0.15, 0.2) is 0 Å². The van der Waals surface area contributed by atoms with Crippen molar-refractivity contribution in [2.75, 3.05) is 4.90 Å². The van der Waals surface area contributed by atoms with Gasteiger partial charge in [0.25, 0.3) is 0 Å². The average Bonchev–Trinajstić information content (AvgIpc) is 3.78. The molecule has 0 saturated carbocycles. The fourth-order valence-electron chi connectivity index (χ4n) is 6.98. The second kappa shape index (κ2) is 9.39. The zero-order chi connectivity index (χ0) is 29.5. The Hall–Kier alpha value is -5.71. The van der Waals surface area contributed by atoms with Crippen LogP contribution >= 0.6 is 11.3 Å². The molecule has 1 aliphatic rings. The van der Waals surface area contributed by atoms with Crippen LogP contribution in [0.25, 0.3) is 75.8 Å². The van der Waals surface area contributed by atoms with E-state index in [0.717, 1.165) is 55.3 Å². The summed E-state index contributed by atoms with van der Waals surface area (Å²) in [6, 6.07) is 51.6. The summed E-state index contributed by atoms with van der Waals surface area (Å²) in [4.78, 5) is 8.78. The standard InChI is InChI=1S/C41H24N2OS/c1-2-10-27(11-3-1)43(29-21-22-32-31-13-6-7-16-36(31)44-37(32)24-29)28-19-17-25(18-20-28)41-42-39-35-23-26-9-4-5-12-30(26)33-14-8-15-34(38(33)35)40(39)45-41/h1-24H. The van der Waals surface area contributed by atoms with Crippen LogP contribution in [0.3, 0.4) is 0 Å². The van der Waals surface area contributed by atoms with E-state index in [9.17, 15) is 0 Å². The van der Waals surface area contributed by atoms with Crippen molar-refractivity contribution < 1.29 is 4.42 Å². The normalized spacial score (nSPS) is 12.0. The van der Waals surface area contributed by atoms with Crippen LogP contribution in [0, 0.1) is 0 Å². The van der Waals surface area contributed by atoms with Crippen molar-refractivity contribution in [1.29, 1.82) is 0 Å². The first-order valence-corrected chi connectivity index (χ1v) is 15.9. The van der Waals surface area contributed by atoms with Gasteiger partial charge in [0.05, 0.1) is 10.6 Å². The smallest absolute Gasteiger partial charge is 0.137 e. The molecule has 0 N–H and O–H groups in total. The van der Waals surface area contributed by atoms with Gasteiger partial charge in [-0.25, -0.2) is 4.98 Å². The zero-order valence-electron chi connectivity index (χ0n) is 24.1. The van der Waals surface area contributed by atoms with E-state index in [1.165, 1.54) is 37.5 Å². The number of thiazole rings is 1. The van der Waals surface area contributed by atoms with Crippen LogP contribution in [0.1, 0.15) is 0 Å². The SMILES string of the molecule is c1ccc(N(c2ccc(-c3nc4c(s3)-c3cccc5c3c-4cc3ccccc35)cc2)c2ccc3c(c2)oc2ccccc23)cc1. The molecule has 0 amide bonds. The van der Waals surface area contributed by atoms with E-state index >= 15 is 0 Å². The highest BCUT2D eigenvalue weighted by molar-refractivity contribution is 7.19. The van der Waals surface area contributed by atoms with Gasteiger partial charge in [0, 0.05) is 56.0 Å². The molecule has 3 nitrogen and oxygen atoms in total. The van der Waals surface area contributed by atoms with E-state index < -0.39 is 0 Å². The molecule has 0 radical (unpaired) electrons. The minimum Gasteiger partial charge on any atom is -0.456 e. The van der Waals surface area contributed by atoms with Crippen molar-refractivity contribution in [3.05, 3.63) is 146 Å². The Morgan fingerprint density at radius 2 is 1.22 bits per heavy atom. The van der Waals surface area contributed by atoms with E-state index in [2.05, 4.69) is 138 Å². The fourth-order valence-corrected chi connectivity index (χ4v) is 8.10. The van der Waals surface area contributed by atoms with Crippen LogP contribution in [0.5, 0.6) is 0 Å². The molecular weight excluding hydrogens is 569 g/mol. The highest BCUT2D eigenvalue weighted by Gasteiger charge is 2.27. The van der Waals surface area contributed by atoms with E-state index in [4.69, 9.17) is 9.40 Å². The van der Waals surface area contributed by atoms with Crippen LogP contribution in [0.15, 0.2) is 150 Å². The van der Waals surface area contributed by atoms with Gasteiger partial charge < -0.3 is 9.32 Å². The highest BCUT2D eigenvalue weighted by atomic mass is 32.1. The summed E-state index contributed by atoms with van der Waals surface area (Å²) in [6.45, 7) is 0. The number of nitrogens with zero attached hydrogens (tertiary/aromatic N) is 2. The number of benzene rings is 7. The van der Waals surface area contributed by atoms with E-state index in [-0.39, 0.29) is 0 Å². The van der Waals surface area contributed by atoms with Crippen molar-refractivity contribution >= 4 is 71.9 Å². The number of rotatable bonds is 4. The molecule has 0 unspecified atom stereocenters. The second-order valence-electron chi connectivity index (χ2n) is 11.6. The molecule has 45 heavy (non-hydrogen) atoms. The van der Waals surface area contributed by atoms with Crippen LogP contribution in [0.2, 0.25) is 0 Å². The van der Waals surface area contributed by atoms with Gasteiger partial charge in [-0.15, -0.1) is 11.3 Å². The highest BCUT2D eigenvalue weighted by Crippen LogP contribution is 2.52. The Balaban J connectivity index is 1.06. The molecule has 9 aromatic rings. The minimum absolute atomic E-state index is 0.881. The molecule has 0 spiro atoms. The number of fused-ring (bicyclic) bond motifs is 8. The van der Waals surface area contributed by atoms with Crippen LogP contribution < -0.4 is 4.90 Å². The van der Waals surface area contributed by atoms with E-state index in [1.54, 1.807) is 11.3 Å². The van der Waals surface area contributed by atoms with E-state index in [0.29, 0.717) is 0 Å². The maximum absolute atomic E-state index is 6.26. The molecule has 0 aliphatic heterocycles. The van der Waals surface area contributed by atoms with Crippen molar-refractivity contribution in [3.8, 4) is 32.3 Å². The monoisotopic (exact) mass is 592 g/mol. The lowest BCUT2D eigenvalue weighted by Crippen LogP contribution is -2.09. The van der Waals surface area contributed by atoms with Crippen LogP contribution in [0.4, 0.5) is 17.1 Å². The third-order valence-electron chi connectivity index (χ3n) is 9.02. The number of hydrogen-bond acceptors (Lipinski definition) is 4. The summed E-state index contributed by atoms with van der Waals surface area (Å²) >= 11 is 1.78. The van der Waals surface area contributed by atoms with Crippen molar-refractivity contribution in [2.45, 2.75) is 0 Å². The number of hydrogen-bond donors (Lipinski definition) is 0. The lowest BCUT2D eigenvalue weighted by molar-refractivity contribution is 0.669. The molecule has 0 atom stereocenters. The Morgan fingerprint density at radius 3 is 2.11 bits per heavy atom. The summed E-state index contributed by atoms with van der Waals surface area (Å²) in [5.74, 6) is 0. The fraction of sp³-hybridized carbons (Fsp3) is 0. The summed E-state index contributed by atoms with van der Waals surface area (Å²) in [7, 11) is 0. The summed E-state index contributed by atoms with van der Waals surface area (Å²) < 4.78 is 6.26. The van der Waals surface area contributed by atoms with Gasteiger partial charge in [-0.05, 0) is 76.8 Å². The molecule has 210 valence electrons. The minimum atomic E-state index is 0.881. The average molecular weight is 593 g/mol. The van der Waals surface area contributed by atoms with Gasteiger partial charge in [-0.3, -0.25) is 0 Å². The maximum atomic E-state index is 6.26. The topological polar surface area (TPSA) is 29.3 Å². The number of furan rings is 1. The van der Waals surface area contributed by atoms with Gasteiger partial charge in [-0.1, -0.05) is 78.9 Å². The summed E-state index contributed by atoms with van der Waals surface area (Å²) in [5, 5.41) is 8.48. The van der Waals surface area contributed by atoms with E-state index in [1.807, 2.05) is 12.1 Å². The first kappa shape index (κ1) is 24.7. The lowest BCUT2D eigenvalue weighted by Gasteiger charge is -2.25. The number of para-hydroxylation sites is 2.